The summed E-state index contributed by atoms with van der Waals surface area (Å²) in [5.74, 6) is -0.269. The number of benzene rings is 2. The van der Waals surface area contributed by atoms with Crippen LogP contribution < -0.4 is 10.2 Å². The van der Waals surface area contributed by atoms with Crippen LogP contribution in [0.25, 0.3) is 0 Å². The van der Waals surface area contributed by atoms with Gasteiger partial charge in [-0.2, -0.15) is 0 Å². The minimum Gasteiger partial charge on any atom is -0.350 e. The lowest BCUT2D eigenvalue weighted by Crippen LogP contribution is -2.37. The molecule has 2 amide bonds. The molecule has 0 aliphatic rings. The van der Waals surface area contributed by atoms with E-state index in [2.05, 4.69) is 21.2 Å². The predicted octanol–water partition coefficient (Wildman–Crippen LogP) is 3.89. The number of hydrogen-bond donors (Lipinski definition) is 1. The summed E-state index contributed by atoms with van der Waals surface area (Å²) in [6.07, 6.45) is 0. The van der Waals surface area contributed by atoms with E-state index in [9.17, 15) is 9.59 Å². The Labute approximate surface area is 148 Å². The second-order valence-corrected chi connectivity index (χ2v) is 6.26. The molecule has 0 atom stereocenters. The van der Waals surface area contributed by atoms with Gasteiger partial charge in [0.05, 0.1) is 0 Å². The highest BCUT2D eigenvalue weighted by Crippen LogP contribution is 2.18. The lowest BCUT2D eigenvalue weighted by Gasteiger charge is -2.21. The van der Waals surface area contributed by atoms with Gasteiger partial charge in [0.25, 0.3) is 5.91 Å². The summed E-state index contributed by atoms with van der Waals surface area (Å²) in [6.45, 7) is 2.26. The van der Waals surface area contributed by atoms with Crippen LogP contribution in [0.4, 0.5) is 5.69 Å². The molecule has 120 valence electrons. The number of hydrogen-bond acceptors (Lipinski definition) is 2. The first-order chi connectivity index (χ1) is 11.0. The lowest BCUT2D eigenvalue weighted by atomic mass is 10.2. The molecule has 0 fully saturated rings. The summed E-state index contributed by atoms with van der Waals surface area (Å²) in [5, 5.41) is 3.38. The van der Waals surface area contributed by atoms with Gasteiger partial charge in [-0.3, -0.25) is 9.59 Å². The second-order valence-electron chi connectivity index (χ2n) is 4.91. The van der Waals surface area contributed by atoms with Crippen molar-refractivity contribution < 1.29 is 9.59 Å². The maximum absolute atomic E-state index is 12.0. The van der Waals surface area contributed by atoms with Crippen molar-refractivity contribution in [3.05, 3.63) is 63.6 Å². The van der Waals surface area contributed by atoms with Crippen LogP contribution in [-0.4, -0.2) is 24.9 Å². The van der Waals surface area contributed by atoms with Gasteiger partial charge in [-0.05, 0) is 48.5 Å². The van der Waals surface area contributed by atoms with E-state index in [0.717, 1.165) is 10.2 Å². The Morgan fingerprint density at radius 3 is 2.26 bits per heavy atom. The summed E-state index contributed by atoms with van der Waals surface area (Å²) in [7, 11) is 0. The Kier molecular flexibility index (Phi) is 6.19. The monoisotopic (exact) mass is 394 g/mol. The Bertz CT molecular complexity index is 687. The molecule has 2 aromatic rings. The van der Waals surface area contributed by atoms with Gasteiger partial charge >= 0.3 is 0 Å². The minimum atomic E-state index is -0.194. The van der Waals surface area contributed by atoms with E-state index >= 15 is 0 Å². The quantitative estimate of drug-likeness (QED) is 0.835. The van der Waals surface area contributed by atoms with Crippen LogP contribution in [-0.2, 0) is 4.79 Å². The van der Waals surface area contributed by atoms with Gasteiger partial charge in [0.15, 0.2) is 0 Å². The van der Waals surface area contributed by atoms with E-state index in [1.165, 1.54) is 6.92 Å². The molecule has 2 aromatic carbocycles. The molecule has 2 rings (SSSR count). The Balaban J connectivity index is 1.94. The third kappa shape index (κ3) is 5.08. The molecule has 23 heavy (non-hydrogen) atoms. The Hall–Kier alpha value is -1.85. The van der Waals surface area contributed by atoms with E-state index in [4.69, 9.17) is 11.6 Å². The fourth-order valence-electron chi connectivity index (χ4n) is 2.07. The molecule has 0 aliphatic heterocycles. The SMILES string of the molecule is CC(=O)N(CCNC(=O)c1ccc(Cl)cc1)c1ccc(Br)cc1. The molecule has 0 unspecified atom stereocenters. The van der Waals surface area contributed by atoms with Crippen LogP contribution in [0.15, 0.2) is 53.0 Å². The highest BCUT2D eigenvalue weighted by atomic mass is 79.9. The van der Waals surface area contributed by atoms with Gasteiger partial charge in [-0.1, -0.05) is 27.5 Å². The van der Waals surface area contributed by atoms with Gasteiger partial charge in [0.2, 0.25) is 5.91 Å². The van der Waals surface area contributed by atoms with E-state index < -0.39 is 0 Å². The fraction of sp³-hybridized carbons (Fsp3) is 0.176. The normalized spacial score (nSPS) is 10.2. The van der Waals surface area contributed by atoms with Crippen LogP contribution in [0.5, 0.6) is 0 Å². The van der Waals surface area contributed by atoms with Crippen LogP contribution >= 0.6 is 27.5 Å². The largest absolute Gasteiger partial charge is 0.350 e. The van der Waals surface area contributed by atoms with E-state index in [1.54, 1.807) is 29.2 Å². The van der Waals surface area contributed by atoms with Gasteiger partial charge in [-0.25, -0.2) is 0 Å². The molecule has 0 saturated heterocycles. The number of rotatable bonds is 5. The highest BCUT2D eigenvalue weighted by molar-refractivity contribution is 9.10. The van der Waals surface area contributed by atoms with Crippen LogP contribution in [0.3, 0.4) is 0 Å². The number of anilines is 1. The maximum Gasteiger partial charge on any atom is 0.251 e. The number of halogens is 2. The molecule has 6 heteroatoms. The standard InChI is InChI=1S/C17H16BrClN2O2/c1-12(22)21(16-8-4-14(18)5-9-16)11-10-20-17(23)13-2-6-15(19)7-3-13/h2-9H,10-11H2,1H3,(H,20,23). The van der Waals surface area contributed by atoms with Gasteiger partial charge in [0, 0.05) is 40.8 Å². The summed E-state index contributed by atoms with van der Waals surface area (Å²) in [4.78, 5) is 25.4. The first-order valence-electron chi connectivity index (χ1n) is 7.05. The van der Waals surface area contributed by atoms with E-state index in [1.807, 2.05) is 24.3 Å². The first kappa shape index (κ1) is 17.5. The molecule has 4 nitrogen and oxygen atoms in total. The Morgan fingerprint density at radius 2 is 1.70 bits per heavy atom. The molecular formula is C17H16BrClN2O2. The average Bonchev–Trinajstić information content (AvgIpc) is 2.53. The zero-order valence-corrected chi connectivity index (χ0v) is 14.9. The molecule has 0 saturated carbocycles. The molecule has 0 aromatic heterocycles. The van der Waals surface area contributed by atoms with Crippen LogP contribution in [0, 0.1) is 0 Å². The van der Waals surface area contributed by atoms with Gasteiger partial charge < -0.3 is 10.2 Å². The zero-order valence-electron chi connectivity index (χ0n) is 12.6. The third-order valence-electron chi connectivity index (χ3n) is 3.25. The smallest absolute Gasteiger partial charge is 0.251 e. The van der Waals surface area contributed by atoms with Crippen molar-refractivity contribution in [2.45, 2.75) is 6.92 Å². The number of nitrogens with one attached hydrogen (secondary N) is 1. The van der Waals surface area contributed by atoms with E-state index in [-0.39, 0.29) is 11.8 Å². The lowest BCUT2D eigenvalue weighted by molar-refractivity contribution is -0.116. The maximum atomic E-state index is 12.0. The second kappa shape index (κ2) is 8.13. The summed E-state index contributed by atoms with van der Waals surface area (Å²) in [5.41, 5.74) is 1.33. The molecule has 1 N–H and O–H groups in total. The number of carbonyl (C=O) groups is 2. The molecular weight excluding hydrogens is 380 g/mol. The molecule has 0 aliphatic carbocycles. The van der Waals surface area contributed by atoms with Crippen LogP contribution in [0.2, 0.25) is 5.02 Å². The summed E-state index contributed by atoms with van der Waals surface area (Å²) in [6, 6.07) is 14.1. The summed E-state index contributed by atoms with van der Waals surface area (Å²) >= 11 is 9.16. The summed E-state index contributed by atoms with van der Waals surface area (Å²) < 4.78 is 0.945. The minimum absolute atomic E-state index is 0.0759. The number of nitrogens with zero attached hydrogens (tertiary/aromatic N) is 1. The zero-order chi connectivity index (χ0) is 16.8. The topological polar surface area (TPSA) is 49.4 Å². The van der Waals surface area contributed by atoms with Crippen molar-refractivity contribution in [1.29, 1.82) is 0 Å². The van der Waals surface area contributed by atoms with Crippen molar-refractivity contribution in [2.24, 2.45) is 0 Å². The number of amides is 2. The molecule has 0 heterocycles. The van der Waals surface area contributed by atoms with Crippen molar-refractivity contribution in [3.63, 3.8) is 0 Å². The van der Waals surface area contributed by atoms with Crippen molar-refractivity contribution in [1.82, 2.24) is 5.32 Å². The average molecular weight is 396 g/mol. The van der Waals surface area contributed by atoms with Crippen molar-refractivity contribution in [3.8, 4) is 0 Å². The molecule has 0 spiro atoms. The van der Waals surface area contributed by atoms with E-state index in [0.29, 0.717) is 23.7 Å². The van der Waals surface area contributed by atoms with Crippen LogP contribution in [0.1, 0.15) is 17.3 Å². The predicted molar refractivity (Wildman–Crippen MR) is 96.0 cm³/mol. The van der Waals surface area contributed by atoms with Crippen molar-refractivity contribution >= 4 is 45.0 Å². The molecule has 0 bridgehead atoms. The first-order valence-corrected chi connectivity index (χ1v) is 8.22. The molecule has 0 radical (unpaired) electrons. The number of carbonyl (C=O) groups excluding carboxylic acids is 2. The Morgan fingerprint density at radius 1 is 1.09 bits per heavy atom. The van der Waals surface area contributed by atoms with Crippen molar-refractivity contribution in [2.75, 3.05) is 18.0 Å². The fourth-order valence-corrected chi connectivity index (χ4v) is 2.46. The van der Waals surface area contributed by atoms with Gasteiger partial charge in [0.1, 0.15) is 0 Å². The third-order valence-corrected chi connectivity index (χ3v) is 4.03. The highest BCUT2D eigenvalue weighted by Gasteiger charge is 2.12. The van der Waals surface area contributed by atoms with Gasteiger partial charge in [-0.15, -0.1) is 0 Å².